The zero-order valence-corrected chi connectivity index (χ0v) is 17.2. The lowest BCUT2D eigenvalue weighted by Crippen LogP contribution is -2.31. The van der Waals surface area contributed by atoms with Crippen LogP contribution in [0.3, 0.4) is 0 Å². The Morgan fingerprint density at radius 1 is 1.14 bits per heavy atom. The van der Waals surface area contributed by atoms with E-state index in [9.17, 15) is 13.8 Å². The Bertz CT molecular complexity index is 999. The van der Waals surface area contributed by atoms with Gasteiger partial charge in [-0.3, -0.25) is 9.00 Å². The summed E-state index contributed by atoms with van der Waals surface area (Å²) >= 11 is 1.53. The highest BCUT2D eigenvalue weighted by molar-refractivity contribution is 7.85. The number of aromatic nitrogens is 1. The van der Waals surface area contributed by atoms with Gasteiger partial charge in [-0.2, -0.15) is 0 Å². The van der Waals surface area contributed by atoms with Gasteiger partial charge < -0.3 is 9.64 Å². The van der Waals surface area contributed by atoms with Gasteiger partial charge in [-0.15, -0.1) is 11.3 Å². The van der Waals surface area contributed by atoms with E-state index >= 15 is 0 Å². The van der Waals surface area contributed by atoms with Crippen molar-refractivity contribution in [2.45, 2.75) is 18.4 Å². The van der Waals surface area contributed by atoms with Crippen molar-refractivity contribution in [2.24, 2.45) is 0 Å². The molecular formula is C20H20N2O4S2. The van der Waals surface area contributed by atoms with Gasteiger partial charge in [-0.1, -0.05) is 31.2 Å². The van der Waals surface area contributed by atoms with E-state index in [0.717, 1.165) is 15.2 Å². The summed E-state index contributed by atoms with van der Waals surface area (Å²) in [6.07, 6.45) is 0. The second-order valence-corrected chi connectivity index (χ2v) is 8.86. The van der Waals surface area contributed by atoms with Crippen molar-refractivity contribution in [1.82, 2.24) is 9.88 Å². The van der Waals surface area contributed by atoms with E-state index in [4.69, 9.17) is 4.74 Å². The molecule has 0 aliphatic heterocycles. The maximum atomic E-state index is 12.4. The Labute approximate surface area is 169 Å². The Morgan fingerprint density at radius 2 is 1.86 bits per heavy atom. The van der Waals surface area contributed by atoms with Crippen molar-refractivity contribution in [3.05, 3.63) is 59.1 Å². The molecule has 2 aromatic carbocycles. The molecule has 1 aromatic heterocycles. The molecule has 6 nitrogen and oxygen atoms in total. The first-order chi connectivity index (χ1) is 13.5. The number of carbonyl (C=O) groups excluding carboxylic acids is 2. The highest BCUT2D eigenvalue weighted by atomic mass is 32.2. The topological polar surface area (TPSA) is 76.6 Å². The van der Waals surface area contributed by atoms with Gasteiger partial charge in [0, 0.05) is 12.8 Å². The zero-order valence-electron chi connectivity index (χ0n) is 15.6. The minimum atomic E-state index is -1.28. The van der Waals surface area contributed by atoms with Crippen LogP contribution in [0.15, 0.2) is 53.4 Å². The van der Waals surface area contributed by atoms with Gasteiger partial charge >= 0.3 is 5.97 Å². The number of hydrogen-bond donors (Lipinski definition) is 0. The molecule has 3 aromatic rings. The molecule has 0 spiro atoms. The predicted molar refractivity (Wildman–Crippen MR) is 110 cm³/mol. The van der Waals surface area contributed by atoms with Crippen LogP contribution in [-0.2, 0) is 26.9 Å². The van der Waals surface area contributed by atoms with Crippen molar-refractivity contribution >= 4 is 44.2 Å². The fraction of sp³-hybridized carbons (Fsp3) is 0.250. The molecule has 0 N–H and O–H groups in total. The Kier molecular flexibility index (Phi) is 6.53. The highest BCUT2D eigenvalue weighted by Gasteiger charge is 2.19. The third-order valence-electron chi connectivity index (χ3n) is 4.08. The van der Waals surface area contributed by atoms with Crippen LogP contribution in [0.1, 0.15) is 22.3 Å². The van der Waals surface area contributed by atoms with Crippen LogP contribution in [0.4, 0.5) is 0 Å². The molecule has 3 rings (SSSR count). The number of nitrogens with zero attached hydrogens (tertiary/aromatic N) is 2. The molecule has 0 aliphatic rings. The molecule has 1 amide bonds. The van der Waals surface area contributed by atoms with Crippen molar-refractivity contribution in [1.29, 1.82) is 0 Å². The fourth-order valence-corrected chi connectivity index (χ4v) is 4.54. The van der Waals surface area contributed by atoms with Gasteiger partial charge in [-0.05, 0) is 24.3 Å². The van der Waals surface area contributed by atoms with Crippen LogP contribution in [0.25, 0.3) is 10.2 Å². The van der Waals surface area contributed by atoms with Crippen molar-refractivity contribution in [3.63, 3.8) is 0 Å². The van der Waals surface area contributed by atoms with Crippen LogP contribution < -0.4 is 0 Å². The molecule has 0 unspecified atom stereocenters. The summed E-state index contributed by atoms with van der Waals surface area (Å²) in [6, 6.07) is 14.4. The van der Waals surface area contributed by atoms with Crippen LogP contribution in [0.2, 0.25) is 0 Å². The summed E-state index contributed by atoms with van der Waals surface area (Å²) in [5.74, 6) is -0.588. The van der Waals surface area contributed by atoms with E-state index in [-0.39, 0.29) is 18.1 Å². The van der Waals surface area contributed by atoms with Crippen LogP contribution in [0, 0.1) is 0 Å². The molecule has 0 radical (unpaired) electrons. The number of rotatable bonds is 7. The first kappa shape index (κ1) is 20.2. The quantitative estimate of drug-likeness (QED) is 0.553. The molecule has 1 atom stereocenters. The minimum Gasteiger partial charge on any atom is -0.452 e. The molecule has 0 saturated heterocycles. The minimum absolute atomic E-state index is 0.226. The van der Waals surface area contributed by atoms with E-state index < -0.39 is 16.8 Å². The van der Waals surface area contributed by atoms with E-state index in [0.29, 0.717) is 17.2 Å². The number of likely N-dealkylation sites (N-methyl/N-ethyl adjacent to an activating group) is 1. The molecule has 8 heteroatoms. The largest absolute Gasteiger partial charge is 0.452 e. The summed E-state index contributed by atoms with van der Waals surface area (Å²) < 4.78 is 18.3. The number of thiazole rings is 1. The summed E-state index contributed by atoms with van der Waals surface area (Å²) in [4.78, 5) is 31.1. The molecule has 0 saturated carbocycles. The van der Waals surface area contributed by atoms with Gasteiger partial charge in [0.05, 0.1) is 38.0 Å². The standard InChI is InChI=1S/C20H20N2O4S2/c1-3-28(25)17-11-7-4-8-14(17)20(24)26-13-19(23)22(2)12-18-21-15-9-5-6-10-16(15)27-18/h4-11H,3,12-13H2,1-2H3/t28-/m0/s1. The van der Waals surface area contributed by atoms with Gasteiger partial charge in [-0.25, -0.2) is 9.78 Å². The second-order valence-electron chi connectivity index (χ2n) is 6.03. The predicted octanol–water partition coefficient (Wildman–Crippen LogP) is 3.24. The van der Waals surface area contributed by atoms with E-state index in [1.54, 1.807) is 38.2 Å². The summed E-state index contributed by atoms with van der Waals surface area (Å²) in [6.45, 7) is 1.73. The normalized spacial score (nSPS) is 11.9. The Balaban J connectivity index is 1.60. The van der Waals surface area contributed by atoms with E-state index in [2.05, 4.69) is 4.98 Å². The van der Waals surface area contributed by atoms with Gasteiger partial charge in [0.15, 0.2) is 6.61 Å². The van der Waals surface area contributed by atoms with Gasteiger partial charge in [0.2, 0.25) is 0 Å². The Morgan fingerprint density at radius 3 is 2.61 bits per heavy atom. The number of benzene rings is 2. The molecule has 146 valence electrons. The lowest BCUT2D eigenvalue weighted by molar-refractivity contribution is -0.133. The number of ether oxygens (including phenoxy) is 1. The third-order valence-corrected chi connectivity index (χ3v) is 6.47. The molecule has 0 fully saturated rings. The fourth-order valence-electron chi connectivity index (χ4n) is 2.58. The Hall–Kier alpha value is -2.58. The highest BCUT2D eigenvalue weighted by Crippen LogP contribution is 2.22. The van der Waals surface area contributed by atoms with Crippen LogP contribution >= 0.6 is 11.3 Å². The summed E-state index contributed by atoms with van der Waals surface area (Å²) in [7, 11) is 0.358. The number of esters is 1. The maximum absolute atomic E-state index is 12.4. The van der Waals surface area contributed by atoms with Gasteiger partial charge in [0.25, 0.3) is 5.91 Å². The number of fused-ring (bicyclic) bond motifs is 1. The van der Waals surface area contributed by atoms with Crippen molar-refractivity contribution in [2.75, 3.05) is 19.4 Å². The van der Waals surface area contributed by atoms with E-state index in [1.165, 1.54) is 16.2 Å². The monoisotopic (exact) mass is 416 g/mol. The average Bonchev–Trinajstić information content (AvgIpc) is 3.13. The molecule has 28 heavy (non-hydrogen) atoms. The van der Waals surface area contributed by atoms with Crippen molar-refractivity contribution < 1.29 is 18.5 Å². The number of hydrogen-bond acceptors (Lipinski definition) is 6. The lowest BCUT2D eigenvalue weighted by atomic mass is 10.2. The van der Waals surface area contributed by atoms with Crippen LogP contribution in [0.5, 0.6) is 0 Å². The van der Waals surface area contributed by atoms with E-state index in [1.807, 2.05) is 24.3 Å². The number of amides is 1. The zero-order chi connectivity index (χ0) is 20.1. The lowest BCUT2D eigenvalue weighted by Gasteiger charge is -2.16. The maximum Gasteiger partial charge on any atom is 0.339 e. The first-order valence-corrected chi connectivity index (χ1v) is 10.9. The third kappa shape index (κ3) is 4.63. The summed E-state index contributed by atoms with van der Waals surface area (Å²) in [5.41, 5.74) is 1.12. The average molecular weight is 417 g/mol. The molecule has 0 bridgehead atoms. The summed E-state index contributed by atoms with van der Waals surface area (Å²) in [5, 5.41) is 0.812. The number of para-hydroxylation sites is 1. The van der Waals surface area contributed by atoms with Gasteiger partial charge in [0.1, 0.15) is 5.01 Å². The SMILES string of the molecule is CC[S@](=O)c1ccccc1C(=O)OCC(=O)N(C)Cc1nc2ccccc2s1. The number of carbonyl (C=O) groups is 2. The molecular weight excluding hydrogens is 396 g/mol. The molecule has 1 heterocycles. The van der Waals surface area contributed by atoms with Crippen LogP contribution in [-0.4, -0.2) is 45.4 Å². The smallest absolute Gasteiger partial charge is 0.339 e. The van der Waals surface area contributed by atoms with Crippen molar-refractivity contribution in [3.8, 4) is 0 Å². The second kappa shape index (κ2) is 9.07. The first-order valence-electron chi connectivity index (χ1n) is 8.72. The molecule has 0 aliphatic carbocycles.